The molecule has 0 spiro atoms. The van der Waals surface area contributed by atoms with Gasteiger partial charge in [-0.05, 0) is 36.6 Å². The Labute approximate surface area is 188 Å². The first-order valence-corrected chi connectivity index (χ1v) is 12.4. The third kappa shape index (κ3) is 5.35. The van der Waals surface area contributed by atoms with E-state index in [-0.39, 0.29) is 30.7 Å². The van der Waals surface area contributed by atoms with E-state index in [1.807, 2.05) is 18.2 Å². The second-order valence-electron chi connectivity index (χ2n) is 8.00. The SMILES string of the molecule is O=C(Nc1cccc(C(=O)N2CCN(S(=O)(=O)Cc3ccccc3)CC2)c1)[C@H]1CCCO1. The number of sulfonamides is 1. The maximum atomic E-state index is 13.0. The number of rotatable bonds is 6. The van der Waals surface area contributed by atoms with Crippen LogP contribution in [0.15, 0.2) is 54.6 Å². The highest BCUT2D eigenvalue weighted by molar-refractivity contribution is 7.88. The van der Waals surface area contributed by atoms with Crippen molar-refractivity contribution in [3.8, 4) is 0 Å². The monoisotopic (exact) mass is 457 g/mol. The van der Waals surface area contributed by atoms with Crippen molar-refractivity contribution in [3.63, 3.8) is 0 Å². The van der Waals surface area contributed by atoms with Crippen molar-refractivity contribution in [1.29, 1.82) is 0 Å². The lowest BCUT2D eigenvalue weighted by atomic mass is 10.1. The fourth-order valence-corrected chi connectivity index (χ4v) is 5.48. The number of anilines is 1. The smallest absolute Gasteiger partial charge is 0.254 e. The van der Waals surface area contributed by atoms with E-state index in [1.165, 1.54) is 4.31 Å². The van der Waals surface area contributed by atoms with Crippen LogP contribution < -0.4 is 5.32 Å². The molecule has 0 bridgehead atoms. The third-order valence-corrected chi connectivity index (χ3v) is 7.56. The molecule has 0 aromatic heterocycles. The topological polar surface area (TPSA) is 96.0 Å². The molecule has 32 heavy (non-hydrogen) atoms. The lowest BCUT2D eigenvalue weighted by Crippen LogP contribution is -2.50. The molecule has 2 heterocycles. The van der Waals surface area contributed by atoms with Crippen molar-refractivity contribution in [2.75, 3.05) is 38.1 Å². The number of nitrogens with zero attached hydrogens (tertiary/aromatic N) is 2. The van der Waals surface area contributed by atoms with E-state index in [0.717, 1.165) is 12.0 Å². The second kappa shape index (κ2) is 9.81. The standard InChI is InChI=1S/C23H27N3O5S/c27-22(21-10-5-15-31-21)24-20-9-4-8-19(16-20)23(28)25-11-13-26(14-12-25)32(29,30)17-18-6-2-1-3-7-18/h1-4,6-9,16,21H,5,10-15,17H2,(H,24,27)/t21-/m1/s1. The van der Waals surface area contributed by atoms with Crippen LogP contribution in [0.4, 0.5) is 5.69 Å². The molecule has 0 radical (unpaired) electrons. The van der Waals surface area contributed by atoms with Gasteiger partial charge in [0.15, 0.2) is 0 Å². The van der Waals surface area contributed by atoms with Crippen LogP contribution in [0.25, 0.3) is 0 Å². The average Bonchev–Trinajstić information content (AvgIpc) is 3.35. The molecule has 170 valence electrons. The van der Waals surface area contributed by atoms with E-state index >= 15 is 0 Å². The lowest BCUT2D eigenvalue weighted by Gasteiger charge is -2.34. The number of carbonyl (C=O) groups excluding carboxylic acids is 2. The van der Waals surface area contributed by atoms with Gasteiger partial charge in [-0.3, -0.25) is 9.59 Å². The Morgan fingerprint density at radius 3 is 2.44 bits per heavy atom. The van der Waals surface area contributed by atoms with Gasteiger partial charge in [-0.2, -0.15) is 4.31 Å². The Hall–Kier alpha value is -2.75. The summed E-state index contributed by atoms with van der Waals surface area (Å²) in [6, 6.07) is 15.9. The van der Waals surface area contributed by atoms with Crippen LogP contribution in [0, 0.1) is 0 Å². The summed E-state index contributed by atoms with van der Waals surface area (Å²) in [5.74, 6) is -0.434. The summed E-state index contributed by atoms with van der Waals surface area (Å²) in [6.07, 6.45) is 1.12. The van der Waals surface area contributed by atoms with Crippen LogP contribution in [0.5, 0.6) is 0 Å². The summed E-state index contributed by atoms with van der Waals surface area (Å²) in [5, 5.41) is 2.81. The van der Waals surface area contributed by atoms with Crippen molar-refractivity contribution in [3.05, 3.63) is 65.7 Å². The zero-order valence-corrected chi connectivity index (χ0v) is 18.6. The Bertz CT molecular complexity index is 1060. The maximum absolute atomic E-state index is 13.0. The zero-order valence-electron chi connectivity index (χ0n) is 17.8. The molecule has 2 fully saturated rings. The molecule has 2 aromatic rings. The van der Waals surface area contributed by atoms with Crippen LogP contribution in [-0.2, 0) is 25.3 Å². The molecule has 1 N–H and O–H groups in total. The summed E-state index contributed by atoms with van der Waals surface area (Å²) in [4.78, 5) is 26.9. The van der Waals surface area contributed by atoms with Gasteiger partial charge in [-0.15, -0.1) is 0 Å². The number of hydrogen-bond acceptors (Lipinski definition) is 5. The Kier molecular flexibility index (Phi) is 6.88. The Balaban J connectivity index is 1.34. The van der Waals surface area contributed by atoms with Gasteiger partial charge in [0.25, 0.3) is 11.8 Å². The molecule has 2 saturated heterocycles. The lowest BCUT2D eigenvalue weighted by molar-refractivity contribution is -0.124. The van der Waals surface area contributed by atoms with Crippen LogP contribution in [0.1, 0.15) is 28.8 Å². The van der Waals surface area contributed by atoms with E-state index in [2.05, 4.69) is 5.32 Å². The van der Waals surface area contributed by atoms with Crippen LogP contribution in [0.3, 0.4) is 0 Å². The minimum Gasteiger partial charge on any atom is -0.368 e. The predicted octanol–water partition coefficient (Wildman–Crippen LogP) is 2.09. The van der Waals surface area contributed by atoms with Crippen LogP contribution in [-0.4, -0.2) is 68.3 Å². The summed E-state index contributed by atoms with van der Waals surface area (Å²) in [5.41, 5.74) is 1.74. The highest BCUT2D eigenvalue weighted by Crippen LogP contribution is 2.19. The van der Waals surface area contributed by atoms with Crippen molar-refractivity contribution in [2.24, 2.45) is 0 Å². The van der Waals surface area contributed by atoms with Gasteiger partial charge in [-0.25, -0.2) is 8.42 Å². The van der Waals surface area contributed by atoms with E-state index in [4.69, 9.17) is 4.74 Å². The number of nitrogens with one attached hydrogen (secondary N) is 1. The summed E-state index contributed by atoms with van der Waals surface area (Å²) in [6.45, 7) is 1.75. The molecule has 2 aliphatic heterocycles. The highest BCUT2D eigenvalue weighted by Gasteiger charge is 2.29. The molecule has 0 aliphatic carbocycles. The summed E-state index contributed by atoms with van der Waals surface area (Å²) >= 11 is 0. The van der Waals surface area contributed by atoms with Crippen molar-refractivity contribution in [2.45, 2.75) is 24.7 Å². The average molecular weight is 458 g/mol. The van der Waals surface area contributed by atoms with Gasteiger partial charge in [0, 0.05) is 44.0 Å². The molecular weight excluding hydrogens is 430 g/mol. The fraction of sp³-hybridized carbons (Fsp3) is 0.391. The molecule has 8 nitrogen and oxygen atoms in total. The number of piperazine rings is 1. The molecule has 1 atom stereocenters. The van der Waals surface area contributed by atoms with Crippen molar-refractivity contribution < 1.29 is 22.7 Å². The zero-order chi connectivity index (χ0) is 22.6. The first-order valence-electron chi connectivity index (χ1n) is 10.8. The molecule has 9 heteroatoms. The van der Waals surface area contributed by atoms with E-state index in [1.54, 1.807) is 41.3 Å². The quantitative estimate of drug-likeness (QED) is 0.717. The number of carbonyl (C=O) groups is 2. The fourth-order valence-electron chi connectivity index (χ4n) is 3.97. The Morgan fingerprint density at radius 2 is 1.75 bits per heavy atom. The maximum Gasteiger partial charge on any atom is 0.254 e. The molecule has 4 rings (SSSR count). The van der Waals surface area contributed by atoms with Crippen molar-refractivity contribution in [1.82, 2.24) is 9.21 Å². The molecule has 0 unspecified atom stereocenters. The van der Waals surface area contributed by atoms with Gasteiger partial charge in [0.1, 0.15) is 6.10 Å². The highest BCUT2D eigenvalue weighted by atomic mass is 32.2. The molecular formula is C23H27N3O5S. The van der Waals surface area contributed by atoms with Gasteiger partial charge in [0.05, 0.1) is 5.75 Å². The van der Waals surface area contributed by atoms with Crippen molar-refractivity contribution >= 4 is 27.5 Å². The first-order chi connectivity index (χ1) is 15.4. The molecule has 0 saturated carbocycles. The molecule has 2 amide bonds. The minimum atomic E-state index is -3.44. The van der Waals surface area contributed by atoms with E-state index < -0.39 is 16.1 Å². The van der Waals surface area contributed by atoms with E-state index in [0.29, 0.717) is 37.4 Å². The number of benzene rings is 2. The normalized spacial score (nSPS) is 19.6. The molecule has 2 aliphatic rings. The second-order valence-corrected chi connectivity index (χ2v) is 9.97. The van der Waals surface area contributed by atoms with Crippen LogP contribution in [0.2, 0.25) is 0 Å². The van der Waals surface area contributed by atoms with Gasteiger partial charge in [0.2, 0.25) is 10.0 Å². The van der Waals surface area contributed by atoms with Gasteiger partial charge in [-0.1, -0.05) is 36.4 Å². The Morgan fingerprint density at radius 1 is 1.00 bits per heavy atom. The van der Waals surface area contributed by atoms with Gasteiger partial charge < -0.3 is 15.0 Å². The number of ether oxygens (including phenoxy) is 1. The minimum absolute atomic E-state index is 0.0474. The number of hydrogen-bond donors (Lipinski definition) is 1. The van der Waals surface area contributed by atoms with E-state index in [9.17, 15) is 18.0 Å². The van der Waals surface area contributed by atoms with Crippen LogP contribution >= 0.6 is 0 Å². The summed E-state index contributed by atoms with van der Waals surface area (Å²) in [7, 11) is -3.44. The molecule has 2 aromatic carbocycles. The predicted molar refractivity (Wildman–Crippen MR) is 121 cm³/mol. The third-order valence-electron chi connectivity index (χ3n) is 5.71. The van der Waals surface area contributed by atoms with Gasteiger partial charge >= 0.3 is 0 Å². The summed E-state index contributed by atoms with van der Waals surface area (Å²) < 4.78 is 32.3. The number of amides is 2. The first kappa shape index (κ1) is 22.4. The largest absolute Gasteiger partial charge is 0.368 e.